The zero-order valence-corrected chi connectivity index (χ0v) is 16.5. The van der Waals surface area contributed by atoms with E-state index < -0.39 is 30.3 Å². The highest BCUT2D eigenvalue weighted by molar-refractivity contribution is 6.35. The van der Waals surface area contributed by atoms with Crippen LogP contribution in [0.3, 0.4) is 0 Å². The first-order chi connectivity index (χ1) is 13.0. The Kier molecular flexibility index (Phi) is 5.51. The van der Waals surface area contributed by atoms with Crippen LogP contribution in [-0.4, -0.2) is 33.6 Å². The number of carbonyl (C=O) groups excluding carboxylic acids is 1. The normalized spacial score (nSPS) is 18.4. The summed E-state index contributed by atoms with van der Waals surface area (Å²) in [7, 11) is 0. The molecule has 1 heterocycles. The van der Waals surface area contributed by atoms with Crippen molar-refractivity contribution in [2.75, 3.05) is 6.54 Å². The Bertz CT molecular complexity index is 962. The zero-order valence-electron chi connectivity index (χ0n) is 15.8. The molecule has 1 aliphatic rings. The SMILES string of the molecule is CC(C)n1ccc2c(C(=O)NCC3(O)CCC(F)(F)CC3)c(Cl)ccc2c1=O. The number of nitrogens with one attached hydrogen (secondary N) is 1. The number of fused-ring (bicyclic) bond motifs is 1. The fourth-order valence-electron chi connectivity index (χ4n) is 3.54. The van der Waals surface area contributed by atoms with Crippen molar-refractivity contribution in [3.05, 3.63) is 45.3 Å². The molecule has 1 amide bonds. The van der Waals surface area contributed by atoms with Crippen LogP contribution < -0.4 is 10.9 Å². The lowest BCUT2D eigenvalue weighted by atomic mass is 9.82. The molecule has 0 radical (unpaired) electrons. The van der Waals surface area contributed by atoms with E-state index in [1.807, 2.05) is 13.8 Å². The summed E-state index contributed by atoms with van der Waals surface area (Å²) in [5, 5.41) is 14.0. The molecule has 0 spiro atoms. The standard InChI is InChI=1S/C20H23ClF2N2O3/c1-12(2)25-10-5-13-14(18(25)27)3-4-15(21)16(13)17(26)24-11-19(28)6-8-20(22,23)9-7-19/h3-5,10,12,28H,6-9,11H2,1-2H3,(H,24,26). The lowest BCUT2D eigenvalue weighted by Gasteiger charge is -2.35. The summed E-state index contributed by atoms with van der Waals surface area (Å²) in [5.41, 5.74) is -1.47. The van der Waals surface area contributed by atoms with E-state index in [1.165, 1.54) is 6.07 Å². The lowest BCUT2D eigenvalue weighted by molar-refractivity contribution is -0.101. The number of nitrogens with zero attached hydrogens (tertiary/aromatic N) is 1. The molecule has 0 unspecified atom stereocenters. The number of hydrogen-bond acceptors (Lipinski definition) is 3. The summed E-state index contributed by atoms with van der Waals surface area (Å²) in [6, 6.07) is 4.68. The molecule has 0 bridgehead atoms. The first-order valence-corrected chi connectivity index (χ1v) is 9.63. The highest BCUT2D eigenvalue weighted by Gasteiger charge is 2.42. The van der Waals surface area contributed by atoms with E-state index in [2.05, 4.69) is 5.32 Å². The minimum absolute atomic E-state index is 0.0384. The molecule has 8 heteroatoms. The second-order valence-electron chi connectivity index (χ2n) is 7.77. The molecule has 5 nitrogen and oxygen atoms in total. The molecule has 28 heavy (non-hydrogen) atoms. The van der Waals surface area contributed by atoms with Gasteiger partial charge >= 0.3 is 0 Å². The summed E-state index contributed by atoms with van der Waals surface area (Å²) in [6.45, 7) is 3.61. The van der Waals surface area contributed by atoms with Crippen LogP contribution in [0.25, 0.3) is 10.8 Å². The van der Waals surface area contributed by atoms with Crippen molar-refractivity contribution >= 4 is 28.3 Å². The van der Waals surface area contributed by atoms with Crippen molar-refractivity contribution in [3.8, 4) is 0 Å². The molecule has 1 aromatic heterocycles. The molecule has 2 N–H and O–H groups in total. The van der Waals surface area contributed by atoms with Crippen LogP contribution >= 0.6 is 11.6 Å². The number of aliphatic hydroxyl groups is 1. The Morgan fingerprint density at radius 2 is 1.86 bits per heavy atom. The largest absolute Gasteiger partial charge is 0.388 e. The summed E-state index contributed by atoms with van der Waals surface area (Å²) in [4.78, 5) is 25.4. The average molecular weight is 413 g/mol. The smallest absolute Gasteiger partial charge is 0.258 e. The molecule has 1 aromatic carbocycles. The van der Waals surface area contributed by atoms with E-state index >= 15 is 0 Å². The van der Waals surface area contributed by atoms with Crippen molar-refractivity contribution in [2.24, 2.45) is 0 Å². The number of amides is 1. The topological polar surface area (TPSA) is 71.3 Å². The van der Waals surface area contributed by atoms with E-state index in [1.54, 1.807) is 22.9 Å². The van der Waals surface area contributed by atoms with Crippen molar-refractivity contribution in [1.29, 1.82) is 0 Å². The molecular weight excluding hydrogens is 390 g/mol. The van der Waals surface area contributed by atoms with Crippen LogP contribution in [0.2, 0.25) is 5.02 Å². The molecule has 3 rings (SSSR count). The fraction of sp³-hybridized carbons (Fsp3) is 0.500. The molecule has 1 aliphatic carbocycles. The van der Waals surface area contributed by atoms with Gasteiger partial charge in [-0.1, -0.05) is 11.6 Å². The minimum atomic E-state index is -2.77. The van der Waals surface area contributed by atoms with Gasteiger partial charge in [0, 0.05) is 42.4 Å². The van der Waals surface area contributed by atoms with Crippen LogP contribution in [-0.2, 0) is 0 Å². The number of pyridine rings is 1. The van der Waals surface area contributed by atoms with Gasteiger partial charge in [0.2, 0.25) is 5.92 Å². The van der Waals surface area contributed by atoms with Gasteiger partial charge in [-0.05, 0) is 44.9 Å². The quantitative estimate of drug-likeness (QED) is 0.799. The first-order valence-electron chi connectivity index (χ1n) is 9.25. The van der Waals surface area contributed by atoms with Gasteiger partial charge in [0.15, 0.2) is 0 Å². The van der Waals surface area contributed by atoms with Crippen LogP contribution in [0.5, 0.6) is 0 Å². The number of halogens is 3. The average Bonchev–Trinajstić information content (AvgIpc) is 2.62. The van der Waals surface area contributed by atoms with Gasteiger partial charge in [0.05, 0.1) is 16.2 Å². The predicted octanol–water partition coefficient (Wildman–Crippen LogP) is 3.91. The third-order valence-corrected chi connectivity index (χ3v) is 5.65. The third-order valence-electron chi connectivity index (χ3n) is 5.34. The van der Waals surface area contributed by atoms with Gasteiger partial charge in [0.25, 0.3) is 11.5 Å². The second-order valence-corrected chi connectivity index (χ2v) is 8.18. The monoisotopic (exact) mass is 412 g/mol. The van der Waals surface area contributed by atoms with E-state index in [0.29, 0.717) is 10.8 Å². The van der Waals surface area contributed by atoms with Crippen molar-refractivity contribution in [1.82, 2.24) is 9.88 Å². The zero-order chi connectivity index (χ0) is 20.7. The number of hydrogen-bond donors (Lipinski definition) is 2. The molecular formula is C20H23ClF2N2O3. The molecule has 2 aromatic rings. The van der Waals surface area contributed by atoms with Crippen molar-refractivity contribution in [2.45, 2.75) is 57.1 Å². The van der Waals surface area contributed by atoms with Crippen molar-refractivity contribution in [3.63, 3.8) is 0 Å². The highest BCUT2D eigenvalue weighted by atomic mass is 35.5. The summed E-state index contributed by atoms with van der Waals surface area (Å²) < 4.78 is 28.2. The maximum absolute atomic E-state index is 13.3. The molecule has 0 aliphatic heterocycles. The van der Waals surface area contributed by atoms with E-state index in [4.69, 9.17) is 11.6 Å². The van der Waals surface area contributed by atoms with Crippen LogP contribution in [0, 0.1) is 0 Å². The number of aromatic nitrogens is 1. The molecule has 0 saturated heterocycles. The Morgan fingerprint density at radius 1 is 1.21 bits per heavy atom. The molecule has 152 valence electrons. The van der Waals surface area contributed by atoms with Gasteiger partial charge in [-0.2, -0.15) is 0 Å². The maximum Gasteiger partial charge on any atom is 0.258 e. The van der Waals surface area contributed by atoms with Gasteiger partial charge in [-0.25, -0.2) is 8.78 Å². The molecule has 1 fully saturated rings. The van der Waals surface area contributed by atoms with Crippen LogP contribution in [0.4, 0.5) is 8.78 Å². The maximum atomic E-state index is 13.3. The van der Waals surface area contributed by atoms with Crippen LogP contribution in [0.1, 0.15) is 55.9 Å². The summed E-state index contributed by atoms with van der Waals surface area (Å²) in [5.74, 6) is -3.33. The second kappa shape index (κ2) is 7.44. The summed E-state index contributed by atoms with van der Waals surface area (Å²) >= 11 is 6.22. The van der Waals surface area contributed by atoms with Gasteiger partial charge in [0.1, 0.15) is 0 Å². The number of rotatable bonds is 4. The highest BCUT2D eigenvalue weighted by Crippen LogP contribution is 2.38. The van der Waals surface area contributed by atoms with E-state index in [9.17, 15) is 23.5 Å². The molecule has 0 atom stereocenters. The fourth-order valence-corrected chi connectivity index (χ4v) is 3.79. The van der Waals surface area contributed by atoms with Crippen LogP contribution in [0.15, 0.2) is 29.2 Å². The Balaban J connectivity index is 1.87. The number of benzene rings is 1. The van der Waals surface area contributed by atoms with Gasteiger partial charge in [-0.3, -0.25) is 9.59 Å². The Hall–Kier alpha value is -1.99. The lowest BCUT2D eigenvalue weighted by Crippen LogP contribution is -2.47. The first kappa shape index (κ1) is 20.7. The minimum Gasteiger partial charge on any atom is -0.388 e. The number of alkyl halides is 2. The van der Waals surface area contributed by atoms with Crippen molar-refractivity contribution < 1.29 is 18.7 Å². The third kappa shape index (κ3) is 4.05. The predicted molar refractivity (Wildman–Crippen MR) is 104 cm³/mol. The van der Waals surface area contributed by atoms with Gasteiger partial charge in [-0.15, -0.1) is 0 Å². The van der Waals surface area contributed by atoms with Gasteiger partial charge < -0.3 is 15.0 Å². The molecule has 1 saturated carbocycles. The van der Waals surface area contributed by atoms with E-state index in [0.717, 1.165) is 0 Å². The Morgan fingerprint density at radius 3 is 2.46 bits per heavy atom. The summed E-state index contributed by atoms with van der Waals surface area (Å²) in [6.07, 6.45) is 0.594. The Labute approximate surface area is 166 Å². The number of carbonyl (C=O) groups is 1. The van der Waals surface area contributed by atoms with E-state index in [-0.39, 0.29) is 41.6 Å².